The second kappa shape index (κ2) is 5.25. The summed E-state index contributed by atoms with van der Waals surface area (Å²) in [5, 5.41) is 5.59. The zero-order chi connectivity index (χ0) is 12.3. The van der Waals surface area contributed by atoms with E-state index in [1.807, 2.05) is 6.92 Å². The third kappa shape index (κ3) is 3.01. The van der Waals surface area contributed by atoms with E-state index in [9.17, 15) is 9.18 Å². The first kappa shape index (κ1) is 12.0. The molecule has 1 atom stereocenters. The topological polar surface area (TPSA) is 50.4 Å². The molecule has 1 amide bonds. The lowest BCUT2D eigenvalue weighted by molar-refractivity contribution is -0.128. The normalized spacial score (nSPS) is 20.0. The molecule has 92 valence electrons. The average molecular weight is 238 g/mol. The van der Waals surface area contributed by atoms with Crippen molar-refractivity contribution in [1.82, 2.24) is 5.32 Å². The van der Waals surface area contributed by atoms with Crippen LogP contribution in [0.4, 0.5) is 10.1 Å². The predicted molar refractivity (Wildman–Crippen MR) is 62.4 cm³/mol. The van der Waals surface area contributed by atoms with Crippen molar-refractivity contribution in [1.29, 1.82) is 0 Å². The number of carbonyl (C=O) groups is 1. The van der Waals surface area contributed by atoms with Crippen molar-refractivity contribution < 1.29 is 13.9 Å². The Morgan fingerprint density at radius 1 is 1.59 bits per heavy atom. The highest BCUT2D eigenvalue weighted by Gasteiger charge is 2.22. The van der Waals surface area contributed by atoms with Gasteiger partial charge in [-0.25, -0.2) is 4.39 Å². The van der Waals surface area contributed by atoms with Crippen LogP contribution in [0.5, 0.6) is 0 Å². The molecule has 4 nitrogen and oxygen atoms in total. The number of carbonyl (C=O) groups excluding carboxylic acids is 1. The number of nitrogens with one attached hydrogen (secondary N) is 2. The molecule has 5 heteroatoms. The molecule has 1 aliphatic heterocycles. The molecule has 0 aromatic heterocycles. The van der Waals surface area contributed by atoms with Crippen molar-refractivity contribution in [2.45, 2.75) is 13.0 Å². The second-order valence-electron chi connectivity index (χ2n) is 4.04. The number of amides is 1. The monoisotopic (exact) mass is 238 g/mol. The Morgan fingerprint density at radius 2 is 2.41 bits per heavy atom. The molecular weight excluding hydrogens is 223 g/mol. The highest BCUT2D eigenvalue weighted by atomic mass is 19.1. The molecule has 1 aromatic carbocycles. The van der Waals surface area contributed by atoms with E-state index in [4.69, 9.17) is 4.74 Å². The summed E-state index contributed by atoms with van der Waals surface area (Å²) >= 11 is 0. The van der Waals surface area contributed by atoms with Crippen LogP contribution in [0.25, 0.3) is 0 Å². The molecular formula is C12H15FN2O2. The van der Waals surface area contributed by atoms with Gasteiger partial charge in [0.2, 0.25) is 0 Å². The largest absolute Gasteiger partial charge is 0.366 e. The third-order valence-electron chi connectivity index (χ3n) is 2.60. The molecule has 1 aliphatic rings. The molecule has 1 heterocycles. The zero-order valence-electron chi connectivity index (χ0n) is 9.63. The van der Waals surface area contributed by atoms with Crippen LogP contribution in [0, 0.1) is 12.7 Å². The van der Waals surface area contributed by atoms with Gasteiger partial charge in [-0.05, 0) is 24.6 Å². The fraction of sp³-hybridized carbons (Fsp3) is 0.417. The summed E-state index contributed by atoms with van der Waals surface area (Å²) in [4.78, 5) is 11.8. The number of hydrogen-bond donors (Lipinski definition) is 2. The molecule has 0 aliphatic carbocycles. The van der Waals surface area contributed by atoms with E-state index >= 15 is 0 Å². The van der Waals surface area contributed by atoms with Gasteiger partial charge in [-0.1, -0.05) is 6.07 Å². The van der Waals surface area contributed by atoms with Gasteiger partial charge in [-0.2, -0.15) is 0 Å². The van der Waals surface area contributed by atoms with Crippen molar-refractivity contribution in [3.8, 4) is 0 Å². The van der Waals surface area contributed by atoms with Gasteiger partial charge in [-0.15, -0.1) is 0 Å². The van der Waals surface area contributed by atoms with E-state index in [1.165, 1.54) is 6.07 Å². The maximum atomic E-state index is 13.4. The highest BCUT2D eigenvalue weighted by Crippen LogP contribution is 2.16. The van der Waals surface area contributed by atoms with E-state index in [0.717, 1.165) is 12.1 Å². The quantitative estimate of drug-likeness (QED) is 0.810. The molecule has 17 heavy (non-hydrogen) atoms. The van der Waals surface area contributed by atoms with Crippen LogP contribution >= 0.6 is 0 Å². The summed E-state index contributed by atoms with van der Waals surface area (Å²) < 4.78 is 18.7. The van der Waals surface area contributed by atoms with E-state index < -0.39 is 11.9 Å². The van der Waals surface area contributed by atoms with Crippen LogP contribution in [0.1, 0.15) is 5.56 Å². The standard InChI is InChI=1S/C12H15FN2O2/c1-8-2-3-9(13)10(6-8)15-12(16)11-7-14-4-5-17-11/h2-3,6,11,14H,4-5,7H2,1H3,(H,15,16). The van der Waals surface area contributed by atoms with Crippen LogP contribution in [-0.4, -0.2) is 31.7 Å². The van der Waals surface area contributed by atoms with Gasteiger partial charge < -0.3 is 15.4 Å². The highest BCUT2D eigenvalue weighted by molar-refractivity contribution is 5.94. The lowest BCUT2D eigenvalue weighted by Crippen LogP contribution is -2.45. The lowest BCUT2D eigenvalue weighted by Gasteiger charge is -2.22. The van der Waals surface area contributed by atoms with E-state index in [2.05, 4.69) is 10.6 Å². The second-order valence-corrected chi connectivity index (χ2v) is 4.04. The fourth-order valence-electron chi connectivity index (χ4n) is 1.68. The van der Waals surface area contributed by atoms with Crippen LogP contribution in [0.15, 0.2) is 18.2 Å². The minimum atomic E-state index is -0.552. The number of aryl methyl sites for hydroxylation is 1. The summed E-state index contributed by atoms with van der Waals surface area (Å²) in [5.74, 6) is -0.755. The maximum Gasteiger partial charge on any atom is 0.254 e. The molecule has 0 bridgehead atoms. The average Bonchev–Trinajstić information content (AvgIpc) is 2.35. The van der Waals surface area contributed by atoms with Gasteiger partial charge in [0.15, 0.2) is 0 Å². The van der Waals surface area contributed by atoms with Gasteiger partial charge in [0.1, 0.15) is 11.9 Å². The number of morpholine rings is 1. The van der Waals surface area contributed by atoms with Crippen molar-refractivity contribution in [2.75, 3.05) is 25.0 Å². The Kier molecular flexibility index (Phi) is 3.71. The first-order valence-corrected chi connectivity index (χ1v) is 5.56. The Hall–Kier alpha value is -1.46. The molecule has 0 saturated carbocycles. The molecule has 0 radical (unpaired) electrons. The Morgan fingerprint density at radius 3 is 3.12 bits per heavy atom. The van der Waals surface area contributed by atoms with Crippen molar-refractivity contribution in [3.63, 3.8) is 0 Å². The maximum absolute atomic E-state index is 13.4. The van der Waals surface area contributed by atoms with Gasteiger partial charge in [0.25, 0.3) is 5.91 Å². The Labute approximate surface area is 99.2 Å². The van der Waals surface area contributed by atoms with Crippen molar-refractivity contribution >= 4 is 11.6 Å². The third-order valence-corrected chi connectivity index (χ3v) is 2.60. The van der Waals surface area contributed by atoms with Crippen molar-refractivity contribution in [3.05, 3.63) is 29.6 Å². The van der Waals surface area contributed by atoms with Crippen molar-refractivity contribution in [2.24, 2.45) is 0 Å². The molecule has 1 aromatic rings. The van der Waals surface area contributed by atoms with Crippen LogP contribution in [0.2, 0.25) is 0 Å². The van der Waals surface area contributed by atoms with Gasteiger partial charge in [-0.3, -0.25) is 4.79 Å². The molecule has 0 spiro atoms. The smallest absolute Gasteiger partial charge is 0.254 e. The summed E-state index contributed by atoms with van der Waals surface area (Å²) in [6.07, 6.45) is -0.552. The van der Waals surface area contributed by atoms with Crippen LogP contribution in [-0.2, 0) is 9.53 Å². The summed E-state index contributed by atoms with van der Waals surface area (Å²) in [5.41, 5.74) is 1.09. The number of anilines is 1. The molecule has 2 N–H and O–H groups in total. The number of hydrogen-bond acceptors (Lipinski definition) is 3. The first-order chi connectivity index (χ1) is 8.16. The number of rotatable bonds is 2. The Bertz CT molecular complexity index is 417. The summed E-state index contributed by atoms with van der Waals surface area (Å²) in [6.45, 7) is 3.53. The first-order valence-electron chi connectivity index (χ1n) is 5.56. The summed E-state index contributed by atoms with van der Waals surface area (Å²) in [6, 6.07) is 4.60. The van der Waals surface area contributed by atoms with E-state index in [1.54, 1.807) is 12.1 Å². The van der Waals surface area contributed by atoms with Gasteiger partial charge >= 0.3 is 0 Å². The van der Waals surface area contributed by atoms with E-state index in [0.29, 0.717) is 13.2 Å². The molecule has 2 rings (SSSR count). The van der Waals surface area contributed by atoms with Gasteiger partial charge in [0.05, 0.1) is 12.3 Å². The van der Waals surface area contributed by atoms with Gasteiger partial charge in [0, 0.05) is 13.1 Å². The number of benzene rings is 1. The minimum absolute atomic E-state index is 0.198. The molecule has 1 unspecified atom stereocenters. The SMILES string of the molecule is Cc1ccc(F)c(NC(=O)C2CNCCO2)c1. The molecule has 1 fully saturated rings. The predicted octanol–water partition coefficient (Wildman–Crippen LogP) is 1.06. The molecule has 1 saturated heterocycles. The number of ether oxygens (including phenoxy) is 1. The number of halogens is 1. The van der Waals surface area contributed by atoms with Crippen LogP contribution in [0.3, 0.4) is 0 Å². The fourth-order valence-corrected chi connectivity index (χ4v) is 1.68. The zero-order valence-corrected chi connectivity index (χ0v) is 9.63. The minimum Gasteiger partial charge on any atom is -0.366 e. The summed E-state index contributed by atoms with van der Waals surface area (Å²) in [7, 11) is 0. The van der Waals surface area contributed by atoms with E-state index in [-0.39, 0.29) is 11.6 Å². The van der Waals surface area contributed by atoms with Crippen LogP contribution < -0.4 is 10.6 Å². The lowest BCUT2D eigenvalue weighted by atomic mass is 10.2. The Balaban J connectivity index is 2.04.